The zero-order valence-electron chi connectivity index (χ0n) is 47.9. The lowest BCUT2D eigenvalue weighted by Crippen LogP contribution is -2.61. The van der Waals surface area contributed by atoms with Gasteiger partial charge in [-0.15, -0.1) is 0 Å². The molecule has 0 bridgehead atoms. The number of anilines is 12. The number of rotatable bonds is 12. The molecule has 12 aromatic carbocycles. The van der Waals surface area contributed by atoms with Crippen LogP contribution in [-0.2, 0) is 0 Å². The largest absolute Gasteiger partial charge is 0.457 e. The van der Waals surface area contributed by atoms with Crippen LogP contribution in [0.1, 0.15) is 0 Å². The summed E-state index contributed by atoms with van der Waals surface area (Å²) < 4.78 is 6.90. The minimum atomic E-state index is -0.175. The average Bonchev–Trinajstić information content (AvgIpc) is 1.18. The van der Waals surface area contributed by atoms with Gasteiger partial charge in [-0.3, -0.25) is 4.90 Å². The van der Waals surface area contributed by atoms with Crippen LogP contribution in [0.4, 0.5) is 68.4 Å². The molecule has 0 unspecified atom stereocenters. The number of nitrogens with zero attached hydrogens (tertiary/aromatic N) is 6. The number of aromatic nitrogens is 1. The van der Waals surface area contributed by atoms with E-state index in [1.165, 1.54) is 61.1 Å². The fraction of sp³-hybridized carbons (Fsp3) is 0.0253. The van der Waals surface area contributed by atoms with E-state index in [9.17, 15) is 0 Å². The molecule has 0 spiro atoms. The summed E-state index contributed by atoms with van der Waals surface area (Å²) in [6, 6.07) is 112. The van der Waals surface area contributed by atoms with Crippen molar-refractivity contribution in [1.29, 1.82) is 0 Å². The molecule has 3 aliphatic rings. The van der Waals surface area contributed by atoms with Gasteiger partial charge in [0.25, 0.3) is 6.71 Å². The highest BCUT2D eigenvalue weighted by atomic mass is 16.5. The highest BCUT2D eigenvalue weighted by Gasteiger charge is 2.44. The van der Waals surface area contributed by atoms with Crippen molar-refractivity contribution in [2.75, 3.05) is 38.2 Å². The summed E-state index contributed by atoms with van der Waals surface area (Å²) in [7, 11) is 2.14. The number of para-hydroxylation sites is 2. The van der Waals surface area contributed by atoms with E-state index in [2.05, 4.69) is 323 Å². The Balaban J connectivity index is 0.923. The van der Waals surface area contributed by atoms with Crippen LogP contribution in [0.2, 0.25) is 0 Å². The molecule has 0 radical (unpaired) electrons. The summed E-state index contributed by atoms with van der Waals surface area (Å²) in [5, 5.41) is 0. The zero-order valence-corrected chi connectivity index (χ0v) is 47.9. The van der Waals surface area contributed by atoms with Crippen molar-refractivity contribution in [3.8, 4) is 56.0 Å². The van der Waals surface area contributed by atoms with E-state index in [-0.39, 0.29) is 6.71 Å². The highest BCUT2D eigenvalue weighted by molar-refractivity contribution is 7.00. The first kappa shape index (κ1) is 51.3. The molecule has 0 saturated carbocycles. The molecule has 16 rings (SSSR count). The molecular weight excluding hydrogens is 1060 g/mol. The predicted octanol–water partition coefficient (Wildman–Crippen LogP) is 18.6. The fourth-order valence-corrected chi connectivity index (χ4v) is 13.2. The number of hydrogen-bond donors (Lipinski definition) is 0. The van der Waals surface area contributed by atoms with Crippen molar-refractivity contribution in [1.82, 2.24) is 4.98 Å². The first-order chi connectivity index (χ1) is 43.0. The predicted molar refractivity (Wildman–Crippen MR) is 363 cm³/mol. The van der Waals surface area contributed by atoms with Crippen molar-refractivity contribution < 1.29 is 4.74 Å². The maximum Gasteiger partial charge on any atom is 0.252 e. The Morgan fingerprint density at radius 3 is 1.33 bits per heavy atom. The summed E-state index contributed by atoms with van der Waals surface area (Å²) >= 11 is 0. The summed E-state index contributed by atoms with van der Waals surface area (Å²) in [6.07, 6.45) is 1.88. The van der Waals surface area contributed by atoms with E-state index >= 15 is 0 Å². The van der Waals surface area contributed by atoms with Crippen LogP contribution >= 0.6 is 0 Å². The van der Waals surface area contributed by atoms with Gasteiger partial charge in [-0.05, 0) is 158 Å². The number of ether oxygens (including phenoxy) is 1. The Bertz CT molecular complexity index is 4470. The molecule has 0 aliphatic carbocycles. The third-order valence-electron chi connectivity index (χ3n) is 17.2. The van der Waals surface area contributed by atoms with E-state index < -0.39 is 0 Å². The Kier molecular flexibility index (Phi) is 12.8. The summed E-state index contributed by atoms with van der Waals surface area (Å²) in [4.78, 5) is 17.0. The Labute approximate surface area is 508 Å². The Hall–Kier alpha value is -11.3. The van der Waals surface area contributed by atoms with Crippen molar-refractivity contribution in [2.45, 2.75) is 0 Å². The lowest BCUT2D eigenvalue weighted by molar-refractivity contribution is 0.483. The summed E-state index contributed by atoms with van der Waals surface area (Å²) in [5.41, 5.74) is 24.7. The normalized spacial score (nSPS) is 12.7. The van der Waals surface area contributed by atoms with E-state index in [4.69, 9.17) is 9.72 Å². The molecule has 0 saturated heterocycles. The van der Waals surface area contributed by atoms with Crippen LogP contribution in [-0.4, -0.2) is 25.4 Å². The molecule has 0 fully saturated rings. The second kappa shape index (κ2) is 21.7. The third kappa shape index (κ3) is 9.32. The molecule has 13 aromatic rings. The van der Waals surface area contributed by atoms with Crippen LogP contribution in [0, 0.1) is 0 Å². The Morgan fingerprint density at radius 2 is 0.805 bits per heavy atom. The molecule has 0 N–H and O–H groups in total. The van der Waals surface area contributed by atoms with Gasteiger partial charge in [0.2, 0.25) is 0 Å². The van der Waals surface area contributed by atoms with Gasteiger partial charge in [0.15, 0.2) is 0 Å². The molecule has 3 aliphatic heterocycles. The van der Waals surface area contributed by atoms with Gasteiger partial charge in [0.1, 0.15) is 17.3 Å². The van der Waals surface area contributed by atoms with Crippen molar-refractivity contribution in [3.05, 3.63) is 316 Å². The molecular formula is C79H57BN6O. The second-order valence-electron chi connectivity index (χ2n) is 22.5. The molecule has 8 heteroatoms. The summed E-state index contributed by atoms with van der Waals surface area (Å²) in [6.45, 7) is 0.570. The van der Waals surface area contributed by atoms with Crippen molar-refractivity contribution in [3.63, 3.8) is 0 Å². The topological polar surface area (TPSA) is 38.3 Å². The van der Waals surface area contributed by atoms with Crippen molar-refractivity contribution in [2.24, 2.45) is 0 Å². The zero-order chi connectivity index (χ0) is 57.8. The molecule has 87 heavy (non-hydrogen) atoms. The van der Waals surface area contributed by atoms with Gasteiger partial charge in [-0.1, -0.05) is 200 Å². The first-order valence-electron chi connectivity index (χ1n) is 29.7. The summed E-state index contributed by atoms with van der Waals surface area (Å²) in [5.74, 6) is 2.22. The first-order valence-corrected chi connectivity index (χ1v) is 29.7. The Morgan fingerprint density at radius 1 is 0.345 bits per heavy atom. The van der Waals surface area contributed by atoms with Gasteiger partial charge >= 0.3 is 0 Å². The number of pyridine rings is 1. The van der Waals surface area contributed by atoms with Gasteiger partial charge < -0.3 is 24.3 Å². The lowest BCUT2D eigenvalue weighted by atomic mass is 9.33. The average molecular weight is 1120 g/mol. The van der Waals surface area contributed by atoms with Gasteiger partial charge in [-0.2, -0.15) is 0 Å². The molecule has 0 amide bonds. The molecule has 7 nitrogen and oxygen atoms in total. The van der Waals surface area contributed by atoms with Gasteiger partial charge in [0, 0.05) is 65.2 Å². The maximum atomic E-state index is 6.90. The SMILES string of the molecule is CN1CN(c2cccc(Oc3cccc(N(c4cc5c6c(c4)N(c4ccc(-c7ccccc7)cc4)c4ccc(-c7ccccc7)cc4B6c4cc(-c6ccccc6)ccc4N5c4ccc(-c5ccccc5)cc4)c4ccccn4)c3)c2)c2ccccc21. The fourth-order valence-electron chi connectivity index (χ4n) is 13.2. The number of hydrogen-bond acceptors (Lipinski definition) is 7. The highest BCUT2D eigenvalue weighted by Crippen LogP contribution is 2.50. The minimum Gasteiger partial charge on any atom is -0.457 e. The van der Waals surface area contributed by atoms with Crippen LogP contribution < -0.4 is 45.6 Å². The van der Waals surface area contributed by atoms with E-state index in [1.54, 1.807) is 0 Å². The minimum absolute atomic E-state index is 0.175. The van der Waals surface area contributed by atoms with E-state index in [1.807, 2.05) is 24.4 Å². The molecule has 0 atom stereocenters. The van der Waals surface area contributed by atoms with Crippen LogP contribution in [0.15, 0.2) is 316 Å². The van der Waals surface area contributed by atoms with E-state index in [0.29, 0.717) is 5.75 Å². The van der Waals surface area contributed by atoms with E-state index in [0.717, 1.165) is 80.5 Å². The molecule has 4 heterocycles. The quantitative estimate of drug-likeness (QED) is 0.113. The van der Waals surface area contributed by atoms with Crippen LogP contribution in [0.5, 0.6) is 11.5 Å². The smallest absolute Gasteiger partial charge is 0.252 e. The standard InChI is InChI=1S/C79H57BN6O/c1-82-54-83(75-33-15-14-32-74(75)82)65-28-18-30-68(50-65)87-69-31-19-29-66(51-69)84(78-34-16-17-47-81-78)67-52-76-79-77(53-67)86(64-43-37-60(38-44-64)56-22-8-3-9-23-56)73-46-40-62(58-26-12-5-13-27-58)49-71(73)80(79)70-48-61(57-24-10-4-11-25-57)39-45-72(70)85(76)63-41-35-59(36-42-63)55-20-6-2-7-21-55/h2-53H,54H2,1H3. The van der Waals surface area contributed by atoms with Gasteiger partial charge in [-0.25, -0.2) is 4.98 Å². The lowest BCUT2D eigenvalue weighted by Gasteiger charge is -2.45. The monoisotopic (exact) mass is 1120 g/mol. The maximum absolute atomic E-state index is 6.90. The molecule has 1 aromatic heterocycles. The van der Waals surface area contributed by atoms with Crippen LogP contribution in [0.25, 0.3) is 44.5 Å². The second-order valence-corrected chi connectivity index (χ2v) is 22.5. The number of benzene rings is 12. The van der Waals surface area contributed by atoms with Gasteiger partial charge in [0.05, 0.1) is 29.4 Å². The van der Waals surface area contributed by atoms with Crippen LogP contribution in [0.3, 0.4) is 0 Å². The van der Waals surface area contributed by atoms with Crippen molar-refractivity contribution >= 4 is 91.5 Å². The third-order valence-corrected chi connectivity index (χ3v) is 17.2. The number of fused-ring (bicyclic) bond motifs is 5. The molecule has 412 valence electrons.